The van der Waals surface area contributed by atoms with Crippen molar-refractivity contribution in [3.63, 3.8) is 0 Å². The van der Waals surface area contributed by atoms with Gasteiger partial charge in [0.05, 0.1) is 12.4 Å². The standard InChI is InChI=1S/C18H22N2O3S/c1-5-23-16(21)11-24-18-19-13(3)15(17(22)20(18)4)10-14-9-7-6-8-12(14)2/h6-9H,5,10-11H2,1-4H3. The largest absolute Gasteiger partial charge is 0.465 e. The lowest BCUT2D eigenvalue weighted by molar-refractivity contribution is -0.139. The third-order valence-corrected chi connectivity index (χ3v) is 4.81. The van der Waals surface area contributed by atoms with Crippen LogP contribution in [0, 0.1) is 13.8 Å². The molecule has 0 bridgehead atoms. The van der Waals surface area contributed by atoms with Crippen LogP contribution in [0.1, 0.15) is 29.3 Å². The van der Waals surface area contributed by atoms with Crippen molar-refractivity contribution in [2.75, 3.05) is 12.4 Å². The van der Waals surface area contributed by atoms with E-state index in [-0.39, 0.29) is 17.3 Å². The van der Waals surface area contributed by atoms with Gasteiger partial charge in [-0.15, -0.1) is 0 Å². The maximum atomic E-state index is 12.7. The number of carbonyl (C=O) groups is 1. The van der Waals surface area contributed by atoms with Crippen LogP contribution in [0.3, 0.4) is 0 Å². The Balaban J connectivity index is 2.27. The highest BCUT2D eigenvalue weighted by Crippen LogP contribution is 2.18. The van der Waals surface area contributed by atoms with Crippen LogP contribution in [0.4, 0.5) is 0 Å². The Kier molecular flexibility index (Phi) is 6.20. The molecule has 0 saturated carbocycles. The molecular formula is C18H22N2O3S. The fourth-order valence-corrected chi connectivity index (χ4v) is 3.20. The van der Waals surface area contributed by atoms with Crippen LogP contribution in [0.25, 0.3) is 0 Å². The molecule has 1 aromatic carbocycles. The van der Waals surface area contributed by atoms with Crippen molar-refractivity contribution < 1.29 is 9.53 Å². The number of hydrogen-bond donors (Lipinski definition) is 0. The number of aryl methyl sites for hydroxylation is 2. The van der Waals surface area contributed by atoms with Gasteiger partial charge >= 0.3 is 5.97 Å². The number of benzene rings is 1. The molecule has 0 aliphatic rings. The van der Waals surface area contributed by atoms with Crippen LogP contribution < -0.4 is 5.56 Å². The summed E-state index contributed by atoms with van der Waals surface area (Å²) < 4.78 is 6.41. The molecule has 0 amide bonds. The van der Waals surface area contributed by atoms with Crippen molar-refractivity contribution >= 4 is 17.7 Å². The number of aromatic nitrogens is 2. The smallest absolute Gasteiger partial charge is 0.316 e. The van der Waals surface area contributed by atoms with Gasteiger partial charge in [-0.2, -0.15) is 0 Å². The second-order valence-electron chi connectivity index (χ2n) is 5.52. The van der Waals surface area contributed by atoms with E-state index in [2.05, 4.69) is 4.98 Å². The van der Waals surface area contributed by atoms with Gasteiger partial charge in [0.15, 0.2) is 5.16 Å². The Morgan fingerprint density at radius 1 is 1.29 bits per heavy atom. The predicted molar refractivity (Wildman–Crippen MR) is 95.6 cm³/mol. The number of esters is 1. The van der Waals surface area contributed by atoms with Gasteiger partial charge in [0, 0.05) is 24.7 Å². The average Bonchev–Trinajstić information content (AvgIpc) is 2.55. The summed E-state index contributed by atoms with van der Waals surface area (Å²) in [6.07, 6.45) is 0.557. The molecule has 0 unspecified atom stereocenters. The van der Waals surface area contributed by atoms with Gasteiger partial charge in [-0.05, 0) is 31.9 Å². The minimum absolute atomic E-state index is 0.0721. The van der Waals surface area contributed by atoms with E-state index in [1.54, 1.807) is 14.0 Å². The first kappa shape index (κ1) is 18.3. The Morgan fingerprint density at radius 3 is 2.67 bits per heavy atom. The highest BCUT2D eigenvalue weighted by atomic mass is 32.2. The molecule has 0 aliphatic carbocycles. The molecule has 128 valence electrons. The van der Waals surface area contributed by atoms with Crippen LogP contribution in [-0.4, -0.2) is 27.9 Å². The summed E-state index contributed by atoms with van der Waals surface area (Å²) in [5.41, 5.74) is 3.59. The van der Waals surface area contributed by atoms with Crippen LogP contribution in [0.5, 0.6) is 0 Å². The Hall–Kier alpha value is -2.08. The third kappa shape index (κ3) is 4.26. The lowest BCUT2D eigenvalue weighted by Crippen LogP contribution is -2.26. The SMILES string of the molecule is CCOC(=O)CSc1nc(C)c(Cc2ccccc2C)c(=O)n1C. The zero-order valence-electron chi connectivity index (χ0n) is 14.5. The molecule has 0 N–H and O–H groups in total. The molecule has 1 aromatic heterocycles. The third-order valence-electron chi connectivity index (χ3n) is 3.80. The summed E-state index contributed by atoms with van der Waals surface area (Å²) in [7, 11) is 1.68. The fourth-order valence-electron chi connectivity index (χ4n) is 2.39. The molecule has 1 heterocycles. The zero-order chi connectivity index (χ0) is 17.7. The van der Waals surface area contributed by atoms with E-state index in [0.29, 0.717) is 29.4 Å². The van der Waals surface area contributed by atoms with Gasteiger partial charge in [0.2, 0.25) is 0 Å². The van der Waals surface area contributed by atoms with Gasteiger partial charge in [-0.3, -0.25) is 14.2 Å². The van der Waals surface area contributed by atoms with Crippen molar-refractivity contribution in [1.29, 1.82) is 0 Å². The monoisotopic (exact) mass is 346 g/mol. The molecule has 0 fully saturated rings. The van der Waals surface area contributed by atoms with E-state index >= 15 is 0 Å². The van der Waals surface area contributed by atoms with Gasteiger partial charge in [-0.1, -0.05) is 36.0 Å². The molecule has 2 aromatic rings. The molecule has 0 radical (unpaired) electrons. The van der Waals surface area contributed by atoms with Gasteiger partial charge in [0.1, 0.15) is 0 Å². The minimum Gasteiger partial charge on any atom is -0.465 e. The first-order chi connectivity index (χ1) is 11.4. The van der Waals surface area contributed by atoms with Crippen LogP contribution in [0.15, 0.2) is 34.2 Å². The second-order valence-corrected chi connectivity index (χ2v) is 6.46. The molecule has 0 atom stereocenters. The van der Waals surface area contributed by atoms with Gasteiger partial charge in [0.25, 0.3) is 5.56 Å². The Morgan fingerprint density at radius 2 is 2.00 bits per heavy atom. The zero-order valence-corrected chi connectivity index (χ0v) is 15.3. The quantitative estimate of drug-likeness (QED) is 0.457. The predicted octanol–water partition coefficient (Wildman–Crippen LogP) is 2.64. The summed E-state index contributed by atoms with van der Waals surface area (Å²) in [4.78, 5) is 28.7. The van der Waals surface area contributed by atoms with E-state index < -0.39 is 0 Å². The van der Waals surface area contributed by atoms with E-state index in [1.165, 1.54) is 16.3 Å². The molecule has 0 aliphatic heterocycles. The summed E-state index contributed by atoms with van der Waals surface area (Å²) >= 11 is 1.22. The Labute approximate surface area is 146 Å². The first-order valence-corrected chi connectivity index (χ1v) is 8.82. The summed E-state index contributed by atoms with van der Waals surface area (Å²) in [5.74, 6) is -0.163. The van der Waals surface area contributed by atoms with Crippen LogP contribution in [-0.2, 0) is 23.0 Å². The maximum absolute atomic E-state index is 12.7. The molecule has 0 saturated heterocycles. The lowest BCUT2D eigenvalue weighted by Gasteiger charge is -2.12. The van der Waals surface area contributed by atoms with E-state index in [4.69, 9.17) is 4.74 Å². The minimum atomic E-state index is -0.307. The van der Waals surface area contributed by atoms with Crippen LogP contribution >= 0.6 is 11.8 Å². The normalized spacial score (nSPS) is 10.7. The van der Waals surface area contributed by atoms with Crippen molar-refractivity contribution in [2.24, 2.45) is 7.05 Å². The number of rotatable bonds is 6. The van der Waals surface area contributed by atoms with Crippen LogP contribution in [0.2, 0.25) is 0 Å². The number of hydrogen-bond acceptors (Lipinski definition) is 5. The highest BCUT2D eigenvalue weighted by Gasteiger charge is 2.15. The second kappa shape index (κ2) is 8.15. The maximum Gasteiger partial charge on any atom is 0.316 e. The fraction of sp³-hybridized carbons (Fsp3) is 0.389. The number of nitrogens with zero attached hydrogens (tertiary/aromatic N) is 2. The van der Waals surface area contributed by atoms with Gasteiger partial charge < -0.3 is 4.74 Å². The Bertz CT molecular complexity index is 799. The number of carbonyl (C=O) groups excluding carboxylic acids is 1. The van der Waals surface area contributed by atoms with E-state index in [0.717, 1.165) is 11.1 Å². The molecule has 2 rings (SSSR count). The van der Waals surface area contributed by atoms with Crippen molar-refractivity contribution in [2.45, 2.75) is 32.3 Å². The average molecular weight is 346 g/mol. The highest BCUT2D eigenvalue weighted by molar-refractivity contribution is 7.99. The van der Waals surface area contributed by atoms with E-state index in [9.17, 15) is 9.59 Å². The molecule has 0 spiro atoms. The summed E-state index contributed by atoms with van der Waals surface area (Å²) in [6.45, 7) is 5.98. The first-order valence-electron chi connectivity index (χ1n) is 7.83. The molecular weight excluding hydrogens is 324 g/mol. The molecule has 24 heavy (non-hydrogen) atoms. The number of thioether (sulfide) groups is 1. The van der Waals surface area contributed by atoms with Crippen molar-refractivity contribution in [3.05, 3.63) is 57.0 Å². The molecule has 5 nitrogen and oxygen atoms in total. The summed E-state index contributed by atoms with van der Waals surface area (Å²) in [5, 5.41) is 0.527. The van der Waals surface area contributed by atoms with Crippen molar-refractivity contribution in [3.8, 4) is 0 Å². The van der Waals surface area contributed by atoms with Crippen molar-refractivity contribution in [1.82, 2.24) is 9.55 Å². The molecule has 6 heteroatoms. The van der Waals surface area contributed by atoms with E-state index in [1.807, 2.05) is 38.1 Å². The van der Waals surface area contributed by atoms with Gasteiger partial charge in [-0.25, -0.2) is 4.98 Å². The summed E-state index contributed by atoms with van der Waals surface area (Å²) in [6, 6.07) is 8.01. The topological polar surface area (TPSA) is 61.2 Å². The number of ether oxygens (including phenoxy) is 1. The lowest BCUT2D eigenvalue weighted by atomic mass is 10.0.